The molecule has 2 aromatic carbocycles. The van der Waals surface area contributed by atoms with Gasteiger partial charge in [0.05, 0.1) is 6.61 Å². The van der Waals surface area contributed by atoms with Crippen LogP contribution in [0.4, 0.5) is 5.69 Å². The van der Waals surface area contributed by atoms with Crippen molar-refractivity contribution in [3.63, 3.8) is 0 Å². The Hall–Kier alpha value is -3.13. The van der Waals surface area contributed by atoms with E-state index in [2.05, 4.69) is 10.6 Å². The van der Waals surface area contributed by atoms with Gasteiger partial charge in [0.2, 0.25) is 0 Å². The summed E-state index contributed by atoms with van der Waals surface area (Å²) in [5.41, 5.74) is 0.520. The fraction of sp³-hybridized carbons (Fsp3) is 0.118. The van der Waals surface area contributed by atoms with Crippen LogP contribution in [0.25, 0.3) is 0 Å². The number of nitrogens with one attached hydrogen (secondary N) is 2. The first-order valence-electron chi connectivity index (χ1n) is 7.32. The number of carboxylic acid groups (broad SMARTS) is 1. The van der Waals surface area contributed by atoms with Crippen molar-refractivity contribution >= 4 is 34.9 Å². The molecule has 0 heterocycles. The van der Waals surface area contributed by atoms with Gasteiger partial charge in [-0.3, -0.25) is 10.1 Å². The molecule has 0 aromatic heterocycles. The van der Waals surface area contributed by atoms with Crippen LogP contribution in [0.3, 0.4) is 0 Å². The third-order valence-corrected chi connectivity index (χ3v) is 3.34. The van der Waals surface area contributed by atoms with Gasteiger partial charge in [0.1, 0.15) is 17.1 Å². The summed E-state index contributed by atoms with van der Waals surface area (Å²) in [4.78, 5) is 23.0. The fourth-order valence-corrected chi connectivity index (χ4v) is 2.21. The van der Waals surface area contributed by atoms with E-state index < -0.39 is 17.6 Å². The summed E-state index contributed by atoms with van der Waals surface area (Å²) in [5.74, 6) is -1.39. The fourth-order valence-electron chi connectivity index (χ4n) is 2.00. The van der Waals surface area contributed by atoms with Gasteiger partial charge in [-0.15, -0.1) is 0 Å². The maximum atomic E-state index is 12.1. The molecule has 2 rings (SSSR count). The van der Waals surface area contributed by atoms with Crippen LogP contribution in [0.1, 0.15) is 27.6 Å². The van der Waals surface area contributed by atoms with Crippen molar-refractivity contribution in [1.82, 2.24) is 5.32 Å². The second-order valence-corrected chi connectivity index (χ2v) is 5.31. The van der Waals surface area contributed by atoms with Crippen LogP contribution in [0.15, 0.2) is 42.5 Å². The molecule has 25 heavy (non-hydrogen) atoms. The molecule has 0 saturated heterocycles. The normalized spacial score (nSPS) is 9.96. The molecule has 0 aliphatic carbocycles. The third kappa shape index (κ3) is 4.92. The lowest BCUT2D eigenvalue weighted by atomic mass is 10.2. The molecule has 0 unspecified atom stereocenters. The number of carboxylic acids is 1. The van der Waals surface area contributed by atoms with Crippen LogP contribution in [0.2, 0.25) is 0 Å². The highest BCUT2D eigenvalue weighted by atomic mass is 32.1. The van der Waals surface area contributed by atoms with Crippen LogP contribution in [-0.4, -0.2) is 33.8 Å². The summed E-state index contributed by atoms with van der Waals surface area (Å²) in [6, 6.07) is 10.4. The number of carbonyl (C=O) groups excluding carboxylic acids is 1. The highest BCUT2D eigenvalue weighted by Gasteiger charge is 2.12. The minimum atomic E-state index is -1.24. The van der Waals surface area contributed by atoms with E-state index in [1.54, 1.807) is 24.3 Å². The zero-order valence-electron chi connectivity index (χ0n) is 13.3. The van der Waals surface area contributed by atoms with E-state index in [0.29, 0.717) is 23.6 Å². The van der Waals surface area contributed by atoms with Gasteiger partial charge in [0.25, 0.3) is 5.91 Å². The molecule has 0 spiro atoms. The number of rotatable bonds is 5. The van der Waals surface area contributed by atoms with E-state index >= 15 is 0 Å². The second kappa shape index (κ2) is 8.11. The zero-order valence-corrected chi connectivity index (χ0v) is 14.1. The number of anilines is 1. The number of benzene rings is 2. The Morgan fingerprint density at radius 3 is 2.40 bits per heavy atom. The Kier molecular flexibility index (Phi) is 5.91. The van der Waals surface area contributed by atoms with Gasteiger partial charge in [-0.1, -0.05) is 0 Å². The number of phenols is 1. The lowest BCUT2D eigenvalue weighted by Gasteiger charge is -2.11. The van der Waals surface area contributed by atoms with E-state index in [4.69, 9.17) is 22.1 Å². The topological polar surface area (TPSA) is 108 Å². The first-order chi connectivity index (χ1) is 11.9. The summed E-state index contributed by atoms with van der Waals surface area (Å²) in [5, 5.41) is 23.7. The van der Waals surface area contributed by atoms with Crippen molar-refractivity contribution in [3.8, 4) is 11.5 Å². The molecule has 130 valence electrons. The molecule has 4 N–H and O–H groups in total. The van der Waals surface area contributed by atoms with Crippen molar-refractivity contribution in [2.75, 3.05) is 11.9 Å². The van der Waals surface area contributed by atoms with Crippen LogP contribution in [0, 0.1) is 0 Å². The highest BCUT2D eigenvalue weighted by Crippen LogP contribution is 2.21. The average Bonchev–Trinajstić information content (AvgIpc) is 2.55. The Morgan fingerprint density at radius 1 is 1.16 bits per heavy atom. The van der Waals surface area contributed by atoms with Crippen LogP contribution in [-0.2, 0) is 0 Å². The summed E-state index contributed by atoms with van der Waals surface area (Å²) < 4.78 is 5.30. The smallest absolute Gasteiger partial charge is 0.339 e. The first-order valence-corrected chi connectivity index (χ1v) is 7.73. The van der Waals surface area contributed by atoms with Crippen molar-refractivity contribution in [1.29, 1.82) is 0 Å². The van der Waals surface area contributed by atoms with E-state index in [-0.39, 0.29) is 10.7 Å². The molecule has 0 fully saturated rings. The SMILES string of the molecule is CCOc1ccc(C(=O)NC(=S)Nc2ccc(C(=O)O)c(O)c2)cc1. The molecule has 2 aromatic rings. The van der Waals surface area contributed by atoms with Gasteiger partial charge in [-0.25, -0.2) is 4.79 Å². The third-order valence-electron chi connectivity index (χ3n) is 3.14. The Labute approximate surface area is 149 Å². The summed E-state index contributed by atoms with van der Waals surface area (Å²) in [6.07, 6.45) is 0. The van der Waals surface area contributed by atoms with E-state index in [0.717, 1.165) is 0 Å². The molecule has 0 bridgehead atoms. The maximum Gasteiger partial charge on any atom is 0.339 e. The van der Waals surface area contributed by atoms with Crippen LogP contribution in [0.5, 0.6) is 11.5 Å². The zero-order chi connectivity index (χ0) is 18.4. The number of amides is 1. The quantitative estimate of drug-likeness (QED) is 0.607. The highest BCUT2D eigenvalue weighted by molar-refractivity contribution is 7.80. The van der Waals surface area contributed by atoms with Gasteiger partial charge >= 0.3 is 5.97 Å². The van der Waals surface area contributed by atoms with E-state index in [1.807, 2.05) is 6.92 Å². The van der Waals surface area contributed by atoms with Crippen LogP contribution < -0.4 is 15.4 Å². The summed E-state index contributed by atoms with van der Waals surface area (Å²) >= 11 is 5.04. The number of carbonyl (C=O) groups is 2. The van der Waals surface area contributed by atoms with E-state index in [9.17, 15) is 14.7 Å². The molecule has 0 aliphatic rings. The summed E-state index contributed by atoms with van der Waals surface area (Å²) in [7, 11) is 0. The largest absolute Gasteiger partial charge is 0.507 e. The predicted octanol–water partition coefficient (Wildman–Crippen LogP) is 2.62. The number of aromatic carboxylic acids is 1. The van der Waals surface area contributed by atoms with Gasteiger partial charge < -0.3 is 20.3 Å². The minimum absolute atomic E-state index is 0.0151. The van der Waals surface area contributed by atoms with Crippen molar-refractivity contribution in [3.05, 3.63) is 53.6 Å². The maximum absolute atomic E-state index is 12.1. The number of thiocarbonyl (C=S) groups is 1. The molecule has 0 saturated carbocycles. The number of ether oxygens (including phenoxy) is 1. The number of hydrogen-bond acceptors (Lipinski definition) is 5. The second-order valence-electron chi connectivity index (χ2n) is 4.90. The molecule has 1 amide bonds. The average molecular weight is 360 g/mol. The standard InChI is InChI=1S/C17H16N2O5S/c1-2-24-12-6-3-10(4-7-12)15(21)19-17(25)18-11-5-8-13(16(22)23)14(20)9-11/h3-9,20H,2H2,1H3,(H,22,23)(H2,18,19,21,25). The number of hydrogen-bond donors (Lipinski definition) is 4. The molecule has 7 nitrogen and oxygen atoms in total. The van der Waals surface area contributed by atoms with E-state index in [1.165, 1.54) is 18.2 Å². The van der Waals surface area contributed by atoms with Gasteiger partial charge in [-0.2, -0.15) is 0 Å². The monoisotopic (exact) mass is 360 g/mol. The molecule has 8 heteroatoms. The van der Waals surface area contributed by atoms with Crippen LogP contribution >= 0.6 is 12.2 Å². The Morgan fingerprint density at radius 2 is 1.84 bits per heavy atom. The van der Waals surface area contributed by atoms with Crippen molar-refractivity contribution in [2.24, 2.45) is 0 Å². The summed E-state index contributed by atoms with van der Waals surface area (Å²) in [6.45, 7) is 2.40. The van der Waals surface area contributed by atoms with Gasteiger partial charge in [0, 0.05) is 17.3 Å². The molecular formula is C17H16N2O5S. The number of aromatic hydroxyl groups is 1. The van der Waals surface area contributed by atoms with Gasteiger partial charge in [-0.05, 0) is 55.5 Å². The minimum Gasteiger partial charge on any atom is -0.507 e. The first kappa shape index (κ1) is 18.2. The lowest BCUT2D eigenvalue weighted by Crippen LogP contribution is -2.34. The molecular weight excluding hydrogens is 344 g/mol. The van der Waals surface area contributed by atoms with Crippen molar-refractivity contribution < 1.29 is 24.5 Å². The molecule has 0 radical (unpaired) electrons. The molecule has 0 atom stereocenters. The predicted molar refractivity (Wildman–Crippen MR) is 96.4 cm³/mol. The Balaban J connectivity index is 1.98. The Bertz CT molecular complexity index is 805. The van der Waals surface area contributed by atoms with Gasteiger partial charge in [0.15, 0.2) is 5.11 Å². The lowest BCUT2D eigenvalue weighted by molar-refractivity contribution is 0.0693. The van der Waals surface area contributed by atoms with Crippen molar-refractivity contribution in [2.45, 2.75) is 6.92 Å². The molecule has 0 aliphatic heterocycles.